The van der Waals surface area contributed by atoms with Crippen LogP contribution in [0.3, 0.4) is 0 Å². The first-order chi connectivity index (χ1) is 10.6. The molecule has 3 heteroatoms. The lowest BCUT2D eigenvalue weighted by Gasteiger charge is -2.16. The van der Waals surface area contributed by atoms with Gasteiger partial charge in [-0.25, -0.2) is 0 Å². The number of hydrogen-bond acceptors (Lipinski definition) is 3. The lowest BCUT2D eigenvalue weighted by Crippen LogP contribution is -2.12. The molecule has 118 valence electrons. The molecule has 0 radical (unpaired) electrons. The van der Waals surface area contributed by atoms with E-state index in [0.29, 0.717) is 17.4 Å². The monoisotopic (exact) mass is 299 g/mol. The minimum atomic E-state index is -0.175. The lowest BCUT2D eigenvalue weighted by atomic mass is 9.94. The molecule has 2 N–H and O–H groups in total. The number of methoxy groups -OCH3 is 2. The van der Waals surface area contributed by atoms with Gasteiger partial charge in [0.15, 0.2) is 11.5 Å². The van der Waals surface area contributed by atoms with Crippen molar-refractivity contribution in [2.75, 3.05) is 14.2 Å². The van der Waals surface area contributed by atoms with Gasteiger partial charge in [-0.15, -0.1) is 0 Å². The van der Waals surface area contributed by atoms with Gasteiger partial charge >= 0.3 is 0 Å². The van der Waals surface area contributed by atoms with E-state index >= 15 is 0 Å². The van der Waals surface area contributed by atoms with Crippen LogP contribution in [0.25, 0.3) is 0 Å². The summed E-state index contributed by atoms with van der Waals surface area (Å²) in [4.78, 5) is 0. The Kier molecular flexibility index (Phi) is 5.45. The van der Waals surface area contributed by atoms with Crippen molar-refractivity contribution in [2.45, 2.75) is 32.2 Å². The summed E-state index contributed by atoms with van der Waals surface area (Å²) in [5.41, 5.74) is 9.85. The molecule has 0 aromatic heterocycles. The molecule has 3 nitrogen and oxygen atoms in total. The summed E-state index contributed by atoms with van der Waals surface area (Å²) in [6.45, 7) is 4.44. The van der Waals surface area contributed by atoms with Gasteiger partial charge in [0.2, 0.25) is 0 Å². The summed E-state index contributed by atoms with van der Waals surface area (Å²) < 4.78 is 10.6. The van der Waals surface area contributed by atoms with Gasteiger partial charge in [0, 0.05) is 0 Å². The Labute approximate surface area is 133 Å². The molecule has 0 amide bonds. The third-order valence-corrected chi connectivity index (χ3v) is 4.24. The van der Waals surface area contributed by atoms with E-state index in [0.717, 1.165) is 17.5 Å². The second kappa shape index (κ2) is 7.32. The topological polar surface area (TPSA) is 44.5 Å². The van der Waals surface area contributed by atoms with Crippen molar-refractivity contribution in [3.63, 3.8) is 0 Å². The SMILES string of the molecule is CCC(C)c1ccc(C(N)c2ccc(OC)c(OC)c2)cc1. The lowest BCUT2D eigenvalue weighted by molar-refractivity contribution is 0.354. The number of hydrogen-bond donors (Lipinski definition) is 1. The highest BCUT2D eigenvalue weighted by atomic mass is 16.5. The van der Waals surface area contributed by atoms with Crippen molar-refractivity contribution < 1.29 is 9.47 Å². The zero-order valence-electron chi connectivity index (χ0n) is 13.8. The third-order valence-electron chi connectivity index (χ3n) is 4.24. The van der Waals surface area contributed by atoms with Crippen LogP contribution in [0.1, 0.15) is 48.9 Å². The summed E-state index contributed by atoms with van der Waals surface area (Å²) in [6.07, 6.45) is 1.14. The van der Waals surface area contributed by atoms with E-state index in [-0.39, 0.29) is 6.04 Å². The second-order valence-corrected chi connectivity index (χ2v) is 5.57. The number of nitrogens with two attached hydrogens (primary N) is 1. The van der Waals surface area contributed by atoms with Crippen molar-refractivity contribution in [1.29, 1.82) is 0 Å². The van der Waals surface area contributed by atoms with Crippen LogP contribution in [0.5, 0.6) is 11.5 Å². The van der Waals surface area contributed by atoms with Crippen LogP contribution in [0.2, 0.25) is 0 Å². The molecule has 0 aliphatic heterocycles. The molecule has 2 atom stereocenters. The van der Waals surface area contributed by atoms with Crippen molar-refractivity contribution in [3.8, 4) is 11.5 Å². The zero-order chi connectivity index (χ0) is 16.1. The van der Waals surface area contributed by atoms with Gasteiger partial charge < -0.3 is 15.2 Å². The van der Waals surface area contributed by atoms with Crippen LogP contribution in [0, 0.1) is 0 Å². The molecule has 2 aromatic rings. The summed E-state index contributed by atoms with van der Waals surface area (Å²) in [5.74, 6) is 1.99. The first-order valence-corrected chi connectivity index (χ1v) is 7.68. The molecule has 0 saturated carbocycles. The zero-order valence-corrected chi connectivity index (χ0v) is 13.8. The van der Waals surface area contributed by atoms with Gasteiger partial charge in [-0.2, -0.15) is 0 Å². The van der Waals surface area contributed by atoms with E-state index in [9.17, 15) is 0 Å². The standard InChI is InChI=1S/C19H25NO2/c1-5-13(2)14-6-8-15(9-7-14)19(20)16-10-11-17(21-3)18(12-16)22-4/h6-13,19H,5,20H2,1-4H3. The molecule has 2 unspecified atom stereocenters. The number of benzene rings is 2. The molecule has 0 bridgehead atoms. The van der Waals surface area contributed by atoms with Crippen LogP contribution in [-0.2, 0) is 0 Å². The quantitative estimate of drug-likeness (QED) is 0.866. The van der Waals surface area contributed by atoms with Crippen LogP contribution in [0.15, 0.2) is 42.5 Å². The highest BCUT2D eigenvalue weighted by Gasteiger charge is 2.13. The van der Waals surface area contributed by atoms with E-state index < -0.39 is 0 Å². The summed E-state index contributed by atoms with van der Waals surface area (Å²) in [6, 6.07) is 14.2. The maximum Gasteiger partial charge on any atom is 0.161 e. The van der Waals surface area contributed by atoms with Gasteiger partial charge in [-0.1, -0.05) is 44.2 Å². The smallest absolute Gasteiger partial charge is 0.161 e. The van der Waals surface area contributed by atoms with E-state index in [4.69, 9.17) is 15.2 Å². The Morgan fingerprint density at radius 1 is 0.864 bits per heavy atom. The maximum atomic E-state index is 6.39. The fourth-order valence-corrected chi connectivity index (χ4v) is 2.51. The average Bonchev–Trinajstić information content (AvgIpc) is 2.59. The molecular weight excluding hydrogens is 274 g/mol. The normalized spacial score (nSPS) is 13.5. The summed E-state index contributed by atoms with van der Waals surface area (Å²) in [5, 5.41) is 0. The van der Waals surface area contributed by atoms with Gasteiger partial charge in [-0.05, 0) is 41.2 Å². The Balaban J connectivity index is 2.25. The number of ether oxygens (including phenoxy) is 2. The molecular formula is C19H25NO2. The van der Waals surface area contributed by atoms with Crippen LogP contribution in [0.4, 0.5) is 0 Å². The molecule has 0 fully saturated rings. The predicted octanol–water partition coefficient (Wildman–Crippen LogP) is 4.27. The minimum absolute atomic E-state index is 0.175. The van der Waals surface area contributed by atoms with Crippen LogP contribution in [-0.4, -0.2) is 14.2 Å². The Morgan fingerprint density at radius 3 is 1.95 bits per heavy atom. The fourth-order valence-electron chi connectivity index (χ4n) is 2.51. The van der Waals surface area contributed by atoms with E-state index in [1.54, 1.807) is 14.2 Å². The average molecular weight is 299 g/mol. The number of rotatable bonds is 6. The predicted molar refractivity (Wildman–Crippen MR) is 90.7 cm³/mol. The molecule has 0 aliphatic carbocycles. The second-order valence-electron chi connectivity index (χ2n) is 5.57. The fraction of sp³-hybridized carbons (Fsp3) is 0.368. The van der Waals surface area contributed by atoms with E-state index in [2.05, 4.69) is 38.1 Å². The van der Waals surface area contributed by atoms with Gasteiger partial charge in [0.25, 0.3) is 0 Å². The molecule has 0 heterocycles. The third kappa shape index (κ3) is 3.42. The molecule has 0 saturated heterocycles. The van der Waals surface area contributed by atoms with Crippen molar-refractivity contribution in [2.24, 2.45) is 5.73 Å². The maximum absolute atomic E-state index is 6.39. The first kappa shape index (κ1) is 16.4. The van der Waals surface area contributed by atoms with Crippen LogP contribution >= 0.6 is 0 Å². The van der Waals surface area contributed by atoms with Gasteiger partial charge in [0.1, 0.15) is 0 Å². The van der Waals surface area contributed by atoms with E-state index in [1.807, 2.05) is 18.2 Å². The largest absolute Gasteiger partial charge is 0.493 e. The summed E-state index contributed by atoms with van der Waals surface area (Å²) in [7, 11) is 3.26. The minimum Gasteiger partial charge on any atom is -0.493 e. The molecule has 0 spiro atoms. The van der Waals surface area contributed by atoms with E-state index in [1.165, 1.54) is 5.56 Å². The van der Waals surface area contributed by atoms with Crippen molar-refractivity contribution in [3.05, 3.63) is 59.2 Å². The Morgan fingerprint density at radius 2 is 1.41 bits per heavy atom. The molecule has 22 heavy (non-hydrogen) atoms. The van der Waals surface area contributed by atoms with Gasteiger partial charge in [-0.3, -0.25) is 0 Å². The summed E-state index contributed by atoms with van der Waals surface area (Å²) >= 11 is 0. The highest BCUT2D eigenvalue weighted by Crippen LogP contribution is 2.31. The van der Waals surface area contributed by atoms with Gasteiger partial charge in [0.05, 0.1) is 20.3 Å². The molecule has 0 aliphatic rings. The van der Waals surface area contributed by atoms with Crippen molar-refractivity contribution >= 4 is 0 Å². The Bertz CT molecular complexity index is 607. The Hall–Kier alpha value is -2.00. The van der Waals surface area contributed by atoms with Crippen molar-refractivity contribution in [1.82, 2.24) is 0 Å². The highest BCUT2D eigenvalue weighted by molar-refractivity contribution is 5.46. The first-order valence-electron chi connectivity index (χ1n) is 7.68. The van der Waals surface area contributed by atoms with Crippen LogP contribution < -0.4 is 15.2 Å². The molecule has 2 aromatic carbocycles. The molecule has 2 rings (SSSR count).